The van der Waals surface area contributed by atoms with Crippen LogP contribution in [0.4, 0.5) is 5.82 Å². The Morgan fingerprint density at radius 1 is 1.15 bits per heavy atom. The van der Waals surface area contributed by atoms with E-state index in [1.54, 1.807) is 0 Å². The molecule has 0 saturated carbocycles. The van der Waals surface area contributed by atoms with Crippen molar-refractivity contribution in [3.8, 4) is 0 Å². The Morgan fingerprint density at radius 2 is 1.96 bits per heavy atom. The van der Waals surface area contributed by atoms with Crippen molar-refractivity contribution in [2.75, 3.05) is 25.5 Å². The average molecular weight is 364 g/mol. The van der Waals surface area contributed by atoms with Gasteiger partial charge in [0.25, 0.3) is 0 Å². The van der Waals surface area contributed by atoms with E-state index in [0.29, 0.717) is 12.0 Å². The molecule has 0 spiro atoms. The van der Waals surface area contributed by atoms with Gasteiger partial charge in [0.05, 0.1) is 11.6 Å². The average Bonchev–Trinajstić information content (AvgIpc) is 3.06. The summed E-state index contributed by atoms with van der Waals surface area (Å²) in [6.45, 7) is 4.29. The fourth-order valence-electron chi connectivity index (χ4n) is 4.04. The van der Waals surface area contributed by atoms with E-state index in [1.165, 1.54) is 5.56 Å². The first-order valence-corrected chi connectivity index (χ1v) is 9.81. The van der Waals surface area contributed by atoms with Crippen LogP contribution in [-0.4, -0.2) is 50.8 Å². The van der Waals surface area contributed by atoms with Crippen molar-refractivity contribution in [1.82, 2.24) is 24.6 Å². The monoisotopic (exact) mass is 364 g/mol. The van der Waals surface area contributed by atoms with E-state index in [4.69, 9.17) is 4.98 Å². The van der Waals surface area contributed by atoms with Gasteiger partial charge in [-0.3, -0.25) is 4.68 Å². The van der Waals surface area contributed by atoms with Crippen LogP contribution in [0.5, 0.6) is 0 Å². The lowest BCUT2D eigenvalue weighted by molar-refractivity contribution is 0.193. The Bertz CT molecular complexity index is 904. The summed E-state index contributed by atoms with van der Waals surface area (Å²) in [5, 5.41) is 9.17. The third-order valence-corrected chi connectivity index (χ3v) is 5.55. The third kappa shape index (κ3) is 3.81. The Hall–Kier alpha value is -2.47. The van der Waals surface area contributed by atoms with Crippen LogP contribution in [0.25, 0.3) is 11.0 Å². The van der Waals surface area contributed by atoms with Gasteiger partial charge in [0.15, 0.2) is 5.65 Å². The molecule has 1 aromatic carbocycles. The second-order valence-corrected chi connectivity index (χ2v) is 7.60. The fourth-order valence-corrected chi connectivity index (χ4v) is 4.04. The molecule has 2 aromatic heterocycles. The van der Waals surface area contributed by atoms with E-state index in [0.717, 1.165) is 55.0 Å². The van der Waals surface area contributed by atoms with Crippen molar-refractivity contribution in [1.29, 1.82) is 0 Å². The van der Waals surface area contributed by atoms with E-state index >= 15 is 0 Å². The van der Waals surface area contributed by atoms with Crippen LogP contribution < -0.4 is 5.32 Å². The molecule has 4 rings (SSSR count). The van der Waals surface area contributed by atoms with Gasteiger partial charge in [-0.15, -0.1) is 0 Å². The minimum Gasteiger partial charge on any atom is -0.366 e. The van der Waals surface area contributed by atoms with E-state index in [1.807, 2.05) is 17.9 Å². The summed E-state index contributed by atoms with van der Waals surface area (Å²) in [6.07, 6.45) is 4.88. The van der Waals surface area contributed by atoms with Gasteiger partial charge >= 0.3 is 0 Å². The number of benzene rings is 1. The van der Waals surface area contributed by atoms with Crippen LogP contribution in [0.2, 0.25) is 0 Å². The van der Waals surface area contributed by atoms with Gasteiger partial charge in [-0.25, -0.2) is 9.97 Å². The number of hydrogen-bond donors (Lipinski definition) is 1. The van der Waals surface area contributed by atoms with E-state index < -0.39 is 0 Å². The van der Waals surface area contributed by atoms with Crippen molar-refractivity contribution >= 4 is 16.9 Å². The van der Waals surface area contributed by atoms with Gasteiger partial charge in [-0.2, -0.15) is 5.10 Å². The smallest absolute Gasteiger partial charge is 0.163 e. The molecule has 1 fully saturated rings. The Labute approximate surface area is 160 Å². The number of aryl methyl sites for hydroxylation is 2. The lowest BCUT2D eigenvalue weighted by Gasteiger charge is -2.37. The highest BCUT2D eigenvalue weighted by Gasteiger charge is 2.29. The molecule has 1 N–H and O–H groups in total. The van der Waals surface area contributed by atoms with Crippen LogP contribution in [0, 0.1) is 5.92 Å². The summed E-state index contributed by atoms with van der Waals surface area (Å²) in [6, 6.07) is 11.2. The van der Waals surface area contributed by atoms with Crippen LogP contribution in [-0.2, 0) is 19.9 Å². The number of hydrogen-bond acceptors (Lipinski definition) is 5. The highest BCUT2D eigenvalue weighted by molar-refractivity contribution is 5.86. The first-order valence-electron chi connectivity index (χ1n) is 9.81. The highest BCUT2D eigenvalue weighted by Crippen LogP contribution is 2.27. The van der Waals surface area contributed by atoms with Crippen molar-refractivity contribution in [2.24, 2.45) is 13.0 Å². The van der Waals surface area contributed by atoms with Gasteiger partial charge in [-0.05, 0) is 37.9 Å². The zero-order valence-electron chi connectivity index (χ0n) is 16.4. The molecule has 2 atom stereocenters. The van der Waals surface area contributed by atoms with Gasteiger partial charge in [-0.1, -0.05) is 37.3 Å². The maximum atomic E-state index is 4.80. The zero-order chi connectivity index (χ0) is 18.8. The SMILES string of the molecule is CCc1nc(N[C@@H]2CCN(C)C[C@@H]2Cc2ccccc2)c2cnn(C)c2n1. The molecular weight excluding hydrogens is 336 g/mol. The van der Waals surface area contributed by atoms with Gasteiger partial charge in [0, 0.05) is 26.1 Å². The molecule has 0 amide bonds. The second kappa shape index (κ2) is 7.64. The number of nitrogens with one attached hydrogen (secondary N) is 1. The molecule has 1 aliphatic rings. The molecular formula is C21H28N6. The third-order valence-electron chi connectivity index (χ3n) is 5.55. The van der Waals surface area contributed by atoms with Crippen LogP contribution in [0.3, 0.4) is 0 Å². The van der Waals surface area contributed by atoms with E-state index in [9.17, 15) is 0 Å². The van der Waals surface area contributed by atoms with Crippen molar-refractivity contribution in [3.05, 3.63) is 47.9 Å². The predicted molar refractivity (Wildman–Crippen MR) is 109 cm³/mol. The molecule has 3 aromatic rings. The van der Waals surface area contributed by atoms with Crippen molar-refractivity contribution in [2.45, 2.75) is 32.2 Å². The number of anilines is 1. The summed E-state index contributed by atoms with van der Waals surface area (Å²) in [7, 11) is 4.15. The number of rotatable bonds is 5. The maximum Gasteiger partial charge on any atom is 0.163 e. The quantitative estimate of drug-likeness (QED) is 0.754. The number of piperidine rings is 1. The molecule has 3 heterocycles. The Balaban J connectivity index is 1.62. The lowest BCUT2D eigenvalue weighted by atomic mass is 9.87. The number of fused-ring (bicyclic) bond motifs is 1. The summed E-state index contributed by atoms with van der Waals surface area (Å²) >= 11 is 0. The summed E-state index contributed by atoms with van der Waals surface area (Å²) in [4.78, 5) is 11.9. The minimum atomic E-state index is 0.393. The van der Waals surface area contributed by atoms with Gasteiger partial charge < -0.3 is 10.2 Å². The Morgan fingerprint density at radius 3 is 2.74 bits per heavy atom. The molecule has 0 radical (unpaired) electrons. The number of likely N-dealkylation sites (tertiary alicyclic amines) is 1. The first kappa shape index (κ1) is 17.9. The first-order chi connectivity index (χ1) is 13.1. The molecule has 0 unspecified atom stereocenters. The molecule has 0 bridgehead atoms. The maximum absolute atomic E-state index is 4.80. The van der Waals surface area contributed by atoms with Gasteiger partial charge in [0.1, 0.15) is 11.6 Å². The molecule has 6 heteroatoms. The minimum absolute atomic E-state index is 0.393. The van der Waals surface area contributed by atoms with Gasteiger partial charge in [0.2, 0.25) is 0 Å². The molecule has 1 saturated heterocycles. The van der Waals surface area contributed by atoms with Crippen molar-refractivity contribution in [3.63, 3.8) is 0 Å². The molecule has 142 valence electrons. The zero-order valence-corrected chi connectivity index (χ0v) is 16.4. The molecule has 27 heavy (non-hydrogen) atoms. The highest BCUT2D eigenvalue weighted by atomic mass is 15.3. The summed E-state index contributed by atoms with van der Waals surface area (Å²) < 4.78 is 1.83. The standard InChI is InChI=1S/C21H28N6/c1-4-19-24-20(17-13-22-27(3)21(17)25-19)23-18-10-11-26(2)14-16(18)12-15-8-6-5-7-9-15/h5-9,13,16,18H,4,10-12,14H2,1-3H3,(H,23,24,25)/t16-,18+/m0/s1. The summed E-state index contributed by atoms with van der Waals surface area (Å²) in [5.74, 6) is 2.33. The van der Waals surface area contributed by atoms with Crippen LogP contribution in [0.15, 0.2) is 36.5 Å². The second-order valence-electron chi connectivity index (χ2n) is 7.60. The topological polar surface area (TPSA) is 58.9 Å². The molecule has 0 aliphatic carbocycles. The predicted octanol–water partition coefficient (Wildman–Crippen LogP) is 2.90. The van der Waals surface area contributed by atoms with Crippen LogP contribution in [0.1, 0.15) is 24.7 Å². The number of nitrogens with zero attached hydrogens (tertiary/aromatic N) is 5. The molecule has 1 aliphatic heterocycles. The normalized spacial score (nSPS) is 20.9. The summed E-state index contributed by atoms with van der Waals surface area (Å²) in [5.41, 5.74) is 2.30. The fraction of sp³-hybridized carbons (Fsp3) is 0.476. The van der Waals surface area contributed by atoms with Crippen LogP contribution >= 0.6 is 0 Å². The Kier molecular flexibility index (Phi) is 5.07. The largest absolute Gasteiger partial charge is 0.366 e. The van der Waals surface area contributed by atoms with E-state index in [2.05, 4.69) is 64.6 Å². The van der Waals surface area contributed by atoms with Crippen molar-refractivity contribution < 1.29 is 0 Å². The number of aromatic nitrogens is 4. The molecule has 6 nitrogen and oxygen atoms in total. The van der Waals surface area contributed by atoms with E-state index in [-0.39, 0.29) is 0 Å². The lowest BCUT2D eigenvalue weighted by Crippen LogP contribution is -2.45.